The van der Waals surface area contributed by atoms with E-state index in [4.69, 9.17) is 21.7 Å². The summed E-state index contributed by atoms with van der Waals surface area (Å²) >= 11 is 6.63. The lowest BCUT2D eigenvalue weighted by Gasteiger charge is -2.14. The molecule has 35 heavy (non-hydrogen) atoms. The van der Waals surface area contributed by atoms with Gasteiger partial charge in [-0.05, 0) is 60.9 Å². The number of carbonyl (C=O) groups is 3. The summed E-state index contributed by atoms with van der Waals surface area (Å²) in [4.78, 5) is 39.2. The minimum atomic E-state index is -0.375. The summed E-state index contributed by atoms with van der Waals surface area (Å²) in [5, 5.41) is 2.80. The molecule has 1 saturated heterocycles. The molecular formula is C26H28N2O5S2. The minimum Gasteiger partial charge on any atom is -0.497 e. The number of anilines is 1. The fraction of sp³-hybridized carbons (Fsp3) is 0.308. The van der Waals surface area contributed by atoms with Gasteiger partial charge in [0.1, 0.15) is 10.1 Å². The number of thioether (sulfide) groups is 1. The van der Waals surface area contributed by atoms with E-state index in [-0.39, 0.29) is 24.2 Å². The van der Waals surface area contributed by atoms with E-state index >= 15 is 0 Å². The summed E-state index contributed by atoms with van der Waals surface area (Å²) in [5.41, 5.74) is 1.88. The number of nitrogens with zero attached hydrogens (tertiary/aromatic N) is 1. The van der Waals surface area contributed by atoms with Gasteiger partial charge in [0.25, 0.3) is 5.91 Å². The first-order valence-corrected chi connectivity index (χ1v) is 12.6. The van der Waals surface area contributed by atoms with Crippen LogP contribution < -0.4 is 10.1 Å². The third kappa shape index (κ3) is 7.66. The first-order valence-electron chi connectivity index (χ1n) is 11.4. The summed E-state index contributed by atoms with van der Waals surface area (Å²) in [7, 11) is 1.59. The Bertz CT molecular complexity index is 1110. The number of amides is 2. The van der Waals surface area contributed by atoms with Crippen LogP contribution >= 0.6 is 24.0 Å². The maximum absolute atomic E-state index is 12.8. The van der Waals surface area contributed by atoms with Crippen LogP contribution in [-0.4, -0.2) is 47.3 Å². The zero-order valence-corrected chi connectivity index (χ0v) is 21.4. The van der Waals surface area contributed by atoms with E-state index in [1.165, 1.54) is 16.7 Å². The Morgan fingerprint density at radius 1 is 1.14 bits per heavy atom. The van der Waals surface area contributed by atoms with Gasteiger partial charge in [-0.3, -0.25) is 14.5 Å². The van der Waals surface area contributed by atoms with E-state index in [2.05, 4.69) is 5.32 Å². The van der Waals surface area contributed by atoms with Gasteiger partial charge in [-0.1, -0.05) is 49.5 Å². The Labute approximate surface area is 214 Å². The van der Waals surface area contributed by atoms with Gasteiger partial charge in [-0.2, -0.15) is 0 Å². The Morgan fingerprint density at radius 3 is 2.63 bits per heavy atom. The maximum Gasteiger partial charge on any atom is 0.338 e. The number of hydrogen-bond acceptors (Lipinski definition) is 7. The molecule has 9 heteroatoms. The molecular weight excluding hydrogens is 484 g/mol. The quantitative estimate of drug-likeness (QED) is 0.190. The van der Waals surface area contributed by atoms with Crippen LogP contribution in [0.15, 0.2) is 53.4 Å². The molecule has 1 fully saturated rings. The number of methoxy groups -OCH3 is 1. The lowest BCUT2D eigenvalue weighted by Crippen LogP contribution is -2.29. The molecule has 0 spiro atoms. The SMILES string of the molecule is CCCCOC(=O)c1ccc(NC(=O)CCCN2C(=O)/C(=C/c3cccc(OC)c3)SC2=S)cc1. The van der Waals surface area contributed by atoms with Gasteiger partial charge in [0.15, 0.2) is 0 Å². The number of carbonyl (C=O) groups excluding carboxylic acids is 3. The van der Waals surface area contributed by atoms with Crippen molar-refractivity contribution in [2.24, 2.45) is 0 Å². The molecule has 0 radical (unpaired) electrons. The number of rotatable bonds is 11. The monoisotopic (exact) mass is 512 g/mol. The molecule has 1 aliphatic rings. The molecule has 3 rings (SSSR count). The first-order chi connectivity index (χ1) is 16.9. The van der Waals surface area contributed by atoms with E-state index < -0.39 is 0 Å². The highest BCUT2D eigenvalue weighted by Crippen LogP contribution is 2.33. The van der Waals surface area contributed by atoms with Crippen LogP contribution in [0.5, 0.6) is 5.75 Å². The molecule has 1 aliphatic heterocycles. The van der Waals surface area contributed by atoms with Crippen LogP contribution in [0.25, 0.3) is 6.08 Å². The van der Waals surface area contributed by atoms with Crippen molar-refractivity contribution in [3.05, 3.63) is 64.6 Å². The highest BCUT2D eigenvalue weighted by molar-refractivity contribution is 8.26. The summed E-state index contributed by atoms with van der Waals surface area (Å²) < 4.78 is 10.9. The molecule has 7 nitrogen and oxygen atoms in total. The number of nitrogens with one attached hydrogen (secondary N) is 1. The number of benzene rings is 2. The largest absolute Gasteiger partial charge is 0.497 e. The number of ether oxygens (including phenoxy) is 2. The predicted molar refractivity (Wildman–Crippen MR) is 142 cm³/mol. The van der Waals surface area contributed by atoms with E-state index in [9.17, 15) is 14.4 Å². The second kappa shape index (κ2) is 13.1. The van der Waals surface area contributed by atoms with Gasteiger partial charge in [0.05, 0.1) is 24.2 Å². The molecule has 0 aromatic heterocycles. The fourth-order valence-electron chi connectivity index (χ4n) is 3.28. The molecule has 0 saturated carbocycles. The minimum absolute atomic E-state index is 0.162. The topological polar surface area (TPSA) is 84.9 Å². The fourth-order valence-corrected chi connectivity index (χ4v) is 4.59. The standard InChI is InChI=1S/C26H28N2O5S2/c1-3-4-15-33-25(31)19-10-12-20(13-11-19)27-23(29)9-6-14-28-24(30)22(35-26(28)34)17-18-7-5-8-21(16-18)32-2/h5,7-8,10-13,16-17H,3-4,6,9,14-15H2,1-2H3,(H,27,29)/b22-17-. The summed E-state index contributed by atoms with van der Waals surface area (Å²) in [6.45, 7) is 2.78. The van der Waals surface area contributed by atoms with Gasteiger partial charge in [0, 0.05) is 18.7 Å². The third-order valence-electron chi connectivity index (χ3n) is 5.19. The summed E-state index contributed by atoms with van der Waals surface area (Å²) in [6, 6.07) is 14.0. The second-order valence-corrected chi connectivity index (χ2v) is 9.50. The van der Waals surface area contributed by atoms with E-state index in [1.54, 1.807) is 37.5 Å². The molecule has 0 atom stereocenters. The second-order valence-electron chi connectivity index (χ2n) is 7.83. The predicted octanol–water partition coefficient (Wildman–Crippen LogP) is 5.27. The van der Waals surface area contributed by atoms with Crippen LogP contribution in [-0.2, 0) is 14.3 Å². The number of esters is 1. The number of thiocarbonyl (C=S) groups is 1. The first kappa shape index (κ1) is 26.4. The summed E-state index contributed by atoms with van der Waals surface area (Å²) in [6.07, 6.45) is 4.26. The van der Waals surface area contributed by atoms with Gasteiger partial charge < -0.3 is 14.8 Å². The van der Waals surface area contributed by atoms with Gasteiger partial charge in [0.2, 0.25) is 5.91 Å². The van der Waals surface area contributed by atoms with Crippen molar-refractivity contribution in [1.29, 1.82) is 0 Å². The normalized spacial score (nSPS) is 14.3. The smallest absolute Gasteiger partial charge is 0.338 e. The van der Waals surface area contributed by atoms with Crippen molar-refractivity contribution in [2.45, 2.75) is 32.6 Å². The maximum atomic E-state index is 12.8. The lowest BCUT2D eigenvalue weighted by atomic mass is 10.2. The van der Waals surface area contributed by atoms with Crippen LogP contribution in [0.3, 0.4) is 0 Å². The van der Waals surface area contributed by atoms with Crippen LogP contribution in [0.2, 0.25) is 0 Å². The third-order valence-corrected chi connectivity index (χ3v) is 6.56. The van der Waals surface area contributed by atoms with Crippen molar-refractivity contribution < 1.29 is 23.9 Å². The molecule has 184 valence electrons. The molecule has 0 unspecified atom stereocenters. The Kier molecular flexibility index (Phi) is 9.86. The van der Waals surface area contributed by atoms with E-state index in [0.717, 1.165) is 18.4 Å². The highest BCUT2D eigenvalue weighted by Gasteiger charge is 2.31. The van der Waals surface area contributed by atoms with Crippen molar-refractivity contribution in [2.75, 3.05) is 25.6 Å². The average molecular weight is 513 g/mol. The Balaban J connectivity index is 1.47. The average Bonchev–Trinajstić information content (AvgIpc) is 3.12. The molecule has 0 bridgehead atoms. The number of hydrogen-bond donors (Lipinski definition) is 1. The highest BCUT2D eigenvalue weighted by atomic mass is 32.2. The molecule has 0 aliphatic carbocycles. The van der Waals surface area contributed by atoms with Gasteiger partial charge in [-0.25, -0.2) is 4.79 Å². The lowest BCUT2D eigenvalue weighted by molar-refractivity contribution is -0.122. The van der Waals surface area contributed by atoms with Crippen molar-refractivity contribution in [3.63, 3.8) is 0 Å². The van der Waals surface area contributed by atoms with Crippen LogP contribution in [0.1, 0.15) is 48.5 Å². The van der Waals surface area contributed by atoms with Crippen LogP contribution in [0, 0.1) is 0 Å². The van der Waals surface area contributed by atoms with Gasteiger partial charge >= 0.3 is 5.97 Å². The zero-order chi connectivity index (χ0) is 25.2. The molecule has 1 N–H and O–H groups in total. The molecule has 1 heterocycles. The van der Waals surface area contributed by atoms with Crippen molar-refractivity contribution in [3.8, 4) is 5.75 Å². The molecule has 2 aromatic rings. The zero-order valence-electron chi connectivity index (χ0n) is 19.7. The molecule has 2 aromatic carbocycles. The Hall–Kier alpha value is -3.17. The van der Waals surface area contributed by atoms with Crippen LogP contribution in [0.4, 0.5) is 5.69 Å². The Morgan fingerprint density at radius 2 is 1.91 bits per heavy atom. The van der Waals surface area contributed by atoms with E-state index in [0.29, 0.717) is 45.8 Å². The van der Waals surface area contributed by atoms with Crippen molar-refractivity contribution >= 4 is 57.8 Å². The summed E-state index contributed by atoms with van der Waals surface area (Å²) in [5.74, 6) is -0.00710. The van der Waals surface area contributed by atoms with Crippen molar-refractivity contribution in [1.82, 2.24) is 4.90 Å². The van der Waals surface area contributed by atoms with Gasteiger partial charge in [-0.15, -0.1) is 0 Å². The number of unbranched alkanes of at least 4 members (excludes halogenated alkanes) is 1. The molecule has 2 amide bonds. The van der Waals surface area contributed by atoms with E-state index in [1.807, 2.05) is 31.2 Å².